The summed E-state index contributed by atoms with van der Waals surface area (Å²) < 4.78 is 10.7. The quantitative estimate of drug-likeness (QED) is 0.879. The first-order chi connectivity index (χ1) is 12.6. The number of pyridine rings is 1. The third-order valence-corrected chi connectivity index (χ3v) is 4.53. The predicted octanol–water partition coefficient (Wildman–Crippen LogP) is 1.76. The minimum Gasteiger partial charge on any atom is -0.505 e. The minimum atomic E-state index is -0.235. The first-order valence-electron chi connectivity index (χ1n) is 8.49. The van der Waals surface area contributed by atoms with Crippen LogP contribution in [0.2, 0.25) is 0 Å². The number of piperazine rings is 1. The second-order valence-corrected chi connectivity index (χ2v) is 6.12. The third-order valence-electron chi connectivity index (χ3n) is 4.53. The molecule has 1 aromatic carbocycles. The highest BCUT2D eigenvalue weighted by Gasteiger charge is 2.25. The Bertz CT molecular complexity index is 773. The fourth-order valence-corrected chi connectivity index (χ4v) is 3.07. The monoisotopic (exact) mass is 357 g/mol. The summed E-state index contributed by atoms with van der Waals surface area (Å²) in [5.41, 5.74) is 1.16. The van der Waals surface area contributed by atoms with Gasteiger partial charge in [-0.1, -0.05) is 0 Å². The number of rotatable bonds is 5. The predicted molar refractivity (Wildman–Crippen MR) is 96.6 cm³/mol. The van der Waals surface area contributed by atoms with E-state index in [1.165, 1.54) is 12.3 Å². The molecule has 0 spiro atoms. The molecule has 138 valence electrons. The van der Waals surface area contributed by atoms with E-state index in [-0.39, 0.29) is 17.4 Å². The molecule has 1 amide bonds. The summed E-state index contributed by atoms with van der Waals surface area (Å²) in [5, 5.41) is 9.82. The number of carbonyl (C=O) groups is 1. The van der Waals surface area contributed by atoms with Crippen molar-refractivity contribution in [2.45, 2.75) is 6.54 Å². The molecule has 1 aromatic heterocycles. The number of carbonyl (C=O) groups excluding carboxylic acids is 1. The van der Waals surface area contributed by atoms with Crippen molar-refractivity contribution < 1.29 is 19.4 Å². The van der Waals surface area contributed by atoms with Crippen LogP contribution in [0.25, 0.3) is 0 Å². The Morgan fingerprint density at radius 3 is 2.58 bits per heavy atom. The highest BCUT2D eigenvalue weighted by molar-refractivity contribution is 5.94. The topological polar surface area (TPSA) is 75.1 Å². The molecule has 7 heteroatoms. The molecule has 1 aliphatic heterocycles. The van der Waals surface area contributed by atoms with E-state index in [9.17, 15) is 9.90 Å². The second-order valence-electron chi connectivity index (χ2n) is 6.12. The van der Waals surface area contributed by atoms with Gasteiger partial charge in [0.2, 0.25) is 0 Å². The Balaban J connectivity index is 1.62. The number of benzene rings is 1. The lowest BCUT2D eigenvalue weighted by molar-refractivity contribution is 0.0618. The highest BCUT2D eigenvalue weighted by Crippen LogP contribution is 2.26. The fourth-order valence-electron chi connectivity index (χ4n) is 3.07. The average molecular weight is 357 g/mol. The maximum absolute atomic E-state index is 12.5. The van der Waals surface area contributed by atoms with Gasteiger partial charge in [-0.15, -0.1) is 0 Å². The zero-order valence-corrected chi connectivity index (χ0v) is 15.0. The summed E-state index contributed by atoms with van der Waals surface area (Å²) in [6, 6.07) is 8.83. The molecule has 1 fully saturated rings. The van der Waals surface area contributed by atoms with Crippen LogP contribution in [0.4, 0.5) is 0 Å². The summed E-state index contributed by atoms with van der Waals surface area (Å²) in [7, 11) is 3.30. The van der Waals surface area contributed by atoms with Gasteiger partial charge in [-0.25, -0.2) is 4.98 Å². The Labute approximate surface area is 152 Å². The van der Waals surface area contributed by atoms with Gasteiger partial charge in [0, 0.05) is 44.5 Å². The maximum Gasteiger partial charge on any atom is 0.276 e. The molecule has 0 aliphatic carbocycles. The standard InChI is InChI=1S/C19H23N3O4/c1-25-15-5-6-17(26-2)14(12-15)13-21-8-10-22(11-9-21)19(24)18-16(23)4-3-7-20-18/h3-7,12,23H,8-11,13H2,1-2H3. The summed E-state index contributed by atoms with van der Waals surface area (Å²) in [5.74, 6) is 1.30. The Kier molecular flexibility index (Phi) is 5.58. The highest BCUT2D eigenvalue weighted by atomic mass is 16.5. The van der Waals surface area contributed by atoms with Gasteiger partial charge in [-0.2, -0.15) is 0 Å². The molecule has 1 N–H and O–H groups in total. The minimum absolute atomic E-state index is 0.0824. The van der Waals surface area contributed by atoms with E-state index in [0.717, 1.165) is 36.7 Å². The molecule has 0 atom stereocenters. The van der Waals surface area contributed by atoms with Crippen LogP contribution in [0, 0.1) is 0 Å². The number of methoxy groups -OCH3 is 2. The molecular formula is C19H23N3O4. The number of aromatic nitrogens is 1. The molecule has 7 nitrogen and oxygen atoms in total. The molecule has 3 rings (SSSR count). The Hall–Kier alpha value is -2.80. The van der Waals surface area contributed by atoms with Gasteiger partial charge in [0.15, 0.2) is 5.69 Å². The molecular weight excluding hydrogens is 334 g/mol. The van der Waals surface area contributed by atoms with E-state index < -0.39 is 0 Å². The first-order valence-corrected chi connectivity index (χ1v) is 8.49. The van der Waals surface area contributed by atoms with Gasteiger partial charge in [0.05, 0.1) is 14.2 Å². The first kappa shape index (κ1) is 18.0. The molecule has 1 aliphatic rings. The molecule has 26 heavy (non-hydrogen) atoms. The normalized spacial score (nSPS) is 14.9. The zero-order valence-electron chi connectivity index (χ0n) is 15.0. The van der Waals surface area contributed by atoms with Crippen molar-refractivity contribution in [1.29, 1.82) is 0 Å². The van der Waals surface area contributed by atoms with Crippen LogP contribution >= 0.6 is 0 Å². The van der Waals surface area contributed by atoms with Crippen molar-refractivity contribution >= 4 is 5.91 Å². The van der Waals surface area contributed by atoms with E-state index in [0.29, 0.717) is 13.1 Å². The molecule has 0 radical (unpaired) electrons. The van der Waals surface area contributed by atoms with Crippen LogP contribution in [-0.4, -0.2) is 66.2 Å². The van der Waals surface area contributed by atoms with Crippen LogP contribution in [0.3, 0.4) is 0 Å². The summed E-state index contributed by atoms with van der Waals surface area (Å²) in [4.78, 5) is 20.5. The largest absolute Gasteiger partial charge is 0.505 e. The SMILES string of the molecule is COc1ccc(OC)c(CN2CCN(C(=O)c3ncccc3O)CC2)c1. The summed E-state index contributed by atoms with van der Waals surface area (Å²) in [6.45, 7) is 3.36. The van der Waals surface area contributed by atoms with Crippen LogP contribution in [0.1, 0.15) is 16.1 Å². The Morgan fingerprint density at radius 1 is 1.15 bits per heavy atom. The number of hydrogen-bond donors (Lipinski definition) is 1. The van der Waals surface area contributed by atoms with Crippen LogP contribution in [-0.2, 0) is 6.54 Å². The lowest BCUT2D eigenvalue weighted by Gasteiger charge is -2.34. The van der Waals surface area contributed by atoms with E-state index in [4.69, 9.17) is 9.47 Å². The van der Waals surface area contributed by atoms with Crippen molar-refractivity contribution in [1.82, 2.24) is 14.8 Å². The maximum atomic E-state index is 12.5. The third kappa shape index (κ3) is 3.88. The molecule has 0 unspecified atom stereocenters. The summed E-state index contributed by atoms with van der Waals surface area (Å²) >= 11 is 0. The van der Waals surface area contributed by atoms with Gasteiger partial charge in [0.25, 0.3) is 5.91 Å². The molecule has 1 saturated heterocycles. The number of amides is 1. The van der Waals surface area contributed by atoms with Gasteiger partial charge in [-0.05, 0) is 30.3 Å². The number of nitrogens with zero attached hydrogens (tertiary/aromatic N) is 3. The van der Waals surface area contributed by atoms with Crippen molar-refractivity contribution in [3.05, 3.63) is 47.8 Å². The zero-order chi connectivity index (χ0) is 18.5. The fraction of sp³-hybridized carbons (Fsp3) is 0.368. The lowest BCUT2D eigenvalue weighted by atomic mass is 10.1. The summed E-state index contributed by atoms with van der Waals surface area (Å²) in [6.07, 6.45) is 1.51. The van der Waals surface area contributed by atoms with E-state index in [1.807, 2.05) is 18.2 Å². The second kappa shape index (κ2) is 8.05. The van der Waals surface area contributed by atoms with E-state index in [1.54, 1.807) is 25.2 Å². The van der Waals surface area contributed by atoms with Gasteiger partial charge >= 0.3 is 0 Å². The van der Waals surface area contributed by atoms with E-state index >= 15 is 0 Å². The van der Waals surface area contributed by atoms with Crippen molar-refractivity contribution in [2.24, 2.45) is 0 Å². The van der Waals surface area contributed by atoms with Gasteiger partial charge < -0.3 is 19.5 Å². The molecule has 0 bridgehead atoms. The van der Waals surface area contributed by atoms with Crippen LogP contribution < -0.4 is 9.47 Å². The average Bonchev–Trinajstić information content (AvgIpc) is 2.68. The van der Waals surface area contributed by atoms with Crippen molar-refractivity contribution in [2.75, 3.05) is 40.4 Å². The molecule has 2 heterocycles. The van der Waals surface area contributed by atoms with E-state index in [2.05, 4.69) is 9.88 Å². The van der Waals surface area contributed by atoms with Crippen molar-refractivity contribution in [3.63, 3.8) is 0 Å². The van der Waals surface area contributed by atoms with Gasteiger partial charge in [-0.3, -0.25) is 9.69 Å². The van der Waals surface area contributed by atoms with Gasteiger partial charge in [0.1, 0.15) is 17.2 Å². The molecule has 0 saturated carbocycles. The van der Waals surface area contributed by atoms with Crippen LogP contribution in [0.15, 0.2) is 36.5 Å². The molecule has 2 aromatic rings. The van der Waals surface area contributed by atoms with Crippen LogP contribution in [0.5, 0.6) is 17.2 Å². The number of hydrogen-bond acceptors (Lipinski definition) is 6. The lowest BCUT2D eigenvalue weighted by Crippen LogP contribution is -2.48. The van der Waals surface area contributed by atoms with Crippen molar-refractivity contribution in [3.8, 4) is 17.2 Å². The number of ether oxygens (including phenoxy) is 2. The smallest absolute Gasteiger partial charge is 0.276 e. The number of aromatic hydroxyl groups is 1. The Morgan fingerprint density at radius 2 is 1.92 bits per heavy atom.